The molecule has 0 atom stereocenters. The first-order chi connectivity index (χ1) is 18.0. The summed E-state index contributed by atoms with van der Waals surface area (Å²) in [6.07, 6.45) is 1.33. The third kappa shape index (κ3) is 8.32. The van der Waals surface area contributed by atoms with E-state index in [1.165, 1.54) is 6.07 Å². The first-order valence-electron chi connectivity index (χ1n) is 12.3. The molecule has 0 unspecified atom stereocenters. The first kappa shape index (κ1) is 25.6. The second-order valence-corrected chi connectivity index (χ2v) is 8.79. The van der Waals surface area contributed by atoms with Crippen LogP contribution in [0.3, 0.4) is 0 Å². The number of aromatic hydroxyl groups is 2. The van der Waals surface area contributed by atoms with Gasteiger partial charge >= 0.3 is 0 Å². The van der Waals surface area contributed by atoms with Crippen molar-refractivity contribution >= 4 is 5.91 Å². The highest BCUT2D eigenvalue weighted by atomic mass is 16.5. The number of benzene rings is 4. The topological polar surface area (TPSA) is 88.0 Å². The number of aryl methyl sites for hydroxylation is 1. The Morgan fingerprint density at radius 3 is 1.84 bits per heavy atom. The fourth-order valence-electron chi connectivity index (χ4n) is 3.90. The minimum atomic E-state index is -0.0915. The molecule has 0 saturated carbocycles. The predicted molar refractivity (Wildman–Crippen MR) is 143 cm³/mol. The molecule has 0 aliphatic carbocycles. The molecule has 0 spiro atoms. The van der Waals surface area contributed by atoms with Gasteiger partial charge < -0.3 is 25.0 Å². The van der Waals surface area contributed by atoms with Gasteiger partial charge in [-0.05, 0) is 59.4 Å². The average Bonchev–Trinajstić information content (AvgIpc) is 2.91. The zero-order chi connectivity index (χ0) is 25.9. The minimum Gasteiger partial charge on any atom is -0.508 e. The van der Waals surface area contributed by atoms with Crippen LogP contribution >= 0.6 is 0 Å². The summed E-state index contributed by atoms with van der Waals surface area (Å²) in [5.74, 6) is 1.20. The SMILES string of the molecule is O=C(CCc1cc(O)cc(O)c1)NCCc1ccc(OCc2ccccc2)c(OCc2ccccc2)c1. The number of ether oxygens (including phenoxy) is 2. The van der Waals surface area contributed by atoms with Crippen LogP contribution in [-0.2, 0) is 30.8 Å². The predicted octanol–water partition coefficient (Wildman–Crippen LogP) is 5.55. The monoisotopic (exact) mass is 497 g/mol. The van der Waals surface area contributed by atoms with Crippen molar-refractivity contribution in [2.24, 2.45) is 0 Å². The van der Waals surface area contributed by atoms with Gasteiger partial charge in [-0.15, -0.1) is 0 Å². The number of rotatable bonds is 12. The van der Waals surface area contributed by atoms with Crippen molar-refractivity contribution in [3.8, 4) is 23.0 Å². The fourth-order valence-corrected chi connectivity index (χ4v) is 3.90. The molecule has 0 aliphatic rings. The van der Waals surface area contributed by atoms with E-state index in [4.69, 9.17) is 9.47 Å². The van der Waals surface area contributed by atoms with Gasteiger partial charge in [0, 0.05) is 19.0 Å². The van der Waals surface area contributed by atoms with Crippen LogP contribution in [-0.4, -0.2) is 22.7 Å². The van der Waals surface area contributed by atoms with Gasteiger partial charge in [-0.3, -0.25) is 4.79 Å². The molecule has 0 aromatic heterocycles. The van der Waals surface area contributed by atoms with Crippen molar-refractivity contribution in [3.63, 3.8) is 0 Å². The number of carbonyl (C=O) groups is 1. The molecule has 0 bridgehead atoms. The molecule has 6 heteroatoms. The maximum atomic E-state index is 12.3. The number of hydrogen-bond acceptors (Lipinski definition) is 5. The molecule has 0 saturated heterocycles. The van der Waals surface area contributed by atoms with E-state index >= 15 is 0 Å². The molecule has 0 aliphatic heterocycles. The fraction of sp³-hybridized carbons (Fsp3) is 0.194. The number of phenolic OH excluding ortho intramolecular Hbond substituents is 2. The van der Waals surface area contributed by atoms with Gasteiger partial charge in [-0.2, -0.15) is 0 Å². The van der Waals surface area contributed by atoms with Crippen LogP contribution < -0.4 is 14.8 Å². The molecule has 190 valence electrons. The summed E-state index contributed by atoms with van der Waals surface area (Å²) in [6, 6.07) is 30.2. The van der Waals surface area contributed by atoms with Gasteiger partial charge in [0.2, 0.25) is 5.91 Å². The maximum absolute atomic E-state index is 12.3. The molecular weight excluding hydrogens is 466 g/mol. The van der Waals surface area contributed by atoms with Crippen molar-refractivity contribution in [2.45, 2.75) is 32.5 Å². The van der Waals surface area contributed by atoms with Gasteiger partial charge in [0.1, 0.15) is 24.7 Å². The second-order valence-electron chi connectivity index (χ2n) is 8.79. The van der Waals surface area contributed by atoms with E-state index in [9.17, 15) is 15.0 Å². The van der Waals surface area contributed by atoms with Crippen molar-refractivity contribution in [1.82, 2.24) is 5.32 Å². The highest BCUT2D eigenvalue weighted by molar-refractivity contribution is 5.76. The van der Waals surface area contributed by atoms with Crippen molar-refractivity contribution in [2.75, 3.05) is 6.54 Å². The van der Waals surface area contributed by atoms with E-state index in [-0.39, 0.29) is 23.8 Å². The summed E-state index contributed by atoms with van der Waals surface area (Å²) in [5.41, 5.74) is 3.87. The lowest BCUT2D eigenvalue weighted by atomic mass is 10.1. The Bertz CT molecular complexity index is 1270. The van der Waals surface area contributed by atoms with E-state index < -0.39 is 0 Å². The summed E-state index contributed by atoms with van der Waals surface area (Å²) < 4.78 is 12.2. The maximum Gasteiger partial charge on any atom is 0.220 e. The standard InChI is InChI=1S/C31H31NO5/c33-27-17-26(18-28(34)20-27)12-14-31(35)32-16-15-23-11-13-29(36-21-24-7-3-1-4-8-24)30(19-23)37-22-25-9-5-2-6-10-25/h1-11,13,17-20,33-34H,12,14-16,21-22H2,(H,32,35). The van der Waals surface area contributed by atoms with Gasteiger partial charge in [-0.1, -0.05) is 66.7 Å². The van der Waals surface area contributed by atoms with Crippen LogP contribution in [0.4, 0.5) is 0 Å². The van der Waals surface area contributed by atoms with Crippen molar-refractivity contribution < 1.29 is 24.5 Å². The smallest absolute Gasteiger partial charge is 0.220 e. The van der Waals surface area contributed by atoms with Crippen LogP contribution in [0.1, 0.15) is 28.7 Å². The Labute approximate surface area is 217 Å². The summed E-state index contributed by atoms with van der Waals surface area (Å²) >= 11 is 0. The van der Waals surface area contributed by atoms with E-state index in [0.29, 0.717) is 49.7 Å². The van der Waals surface area contributed by atoms with Crippen LogP contribution in [0.2, 0.25) is 0 Å². The third-order valence-corrected chi connectivity index (χ3v) is 5.82. The van der Waals surface area contributed by atoms with Gasteiger partial charge in [0.05, 0.1) is 0 Å². The molecule has 4 aromatic rings. The lowest BCUT2D eigenvalue weighted by Crippen LogP contribution is -2.25. The summed E-state index contributed by atoms with van der Waals surface area (Å²) in [7, 11) is 0. The molecule has 37 heavy (non-hydrogen) atoms. The minimum absolute atomic E-state index is 0.0168. The largest absolute Gasteiger partial charge is 0.508 e. The highest BCUT2D eigenvalue weighted by Crippen LogP contribution is 2.30. The summed E-state index contributed by atoms with van der Waals surface area (Å²) in [5, 5.41) is 22.1. The number of nitrogens with one attached hydrogen (secondary N) is 1. The summed E-state index contributed by atoms with van der Waals surface area (Å²) in [6.45, 7) is 1.34. The van der Waals surface area contributed by atoms with Crippen molar-refractivity contribution in [1.29, 1.82) is 0 Å². The Balaban J connectivity index is 1.33. The first-order valence-corrected chi connectivity index (χ1v) is 12.3. The van der Waals surface area contributed by atoms with Gasteiger partial charge in [0.25, 0.3) is 0 Å². The van der Waals surface area contributed by atoms with Crippen LogP contribution in [0.25, 0.3) is 0 Å². The molecule has 3 N–H and O–H groups in total. The van der Waals surface area contributed by atoms with Crippen molar-refractivity contribution in [3.05, 3.63) is 119 Å². The lowest BCUT2D eigenvalue weighted by molar-refractivity contribution is -0.121. The molecule has 0 fully saturated rings. The highest BCUT2D eigenvalue weighted by Gasteiger charge is 2.10. The molecular formula is C31H31NO5. The Hall–Kier alpha value is -4.45. The number of carbonyl (C=O) groups excluding carboxylic acids is 1. The van der Waals surface area contributed by atoms with Crippen LogP contribution in [0.5, 0.6) is 23.0 Å². The second kappa shape index (κ2) is 13.0. The van der Waals surface area contributed by atoms with Gasteiger partial charge in [0.15, 0.2) is 11.5 Å². The quantitative estimate of drug-likeness (QED) is 0.239. The van der Waals surface area contributed by atoms with Gasteiger partial charge in [-0.25, -0.2) is 0 Å². The molecule has 4 rings (SSSR count). The van der Waals surface area contributed by atoms with E-state index in [1.807, 2.05) is 78.9 Å². The number of phenols is 2. The Morgan fingerprint density at radius 2 is 1.22 bits per heavy atom. The molecule has 0 radical (unpaired) electrons. The third-order valence-electron chi connectivity index (χ3n) is 5.82. The molecule has 0 heterocycles. The van der Waals surface area contributed by atoms with E-state index in [2.05, 4.69) is 5.32 Å². The summed E-state index contributed by atoms with van der Waals surface area (Å²) in [4.78, 5) is 12.3. The molecule has 6 nitrogen and oxygen atoms in total. The average molecular weight is 498 g/mol. The zero-order valence-corrected chi connectivity index (χ0v) is 20.6. The van der Waals surface area contributed by atoms with Crippen LogP contribution in [0, 0.1) is 0 Å². The number of amides is 1. The lowest BCUT2D eigenvalue weighted by Gasteiger charge is -2.15. The zero-order valence-electron chi connectivity index (χ0n) is 20.6. The van der Waals surface area contributed by atoms with E-state index in [1.54, 1.807) is 12.1 Å². The normalized spacial score (nSPS) is 10.6. The Morgan fingerprint density at radius 1 is 0.622 bits per heavy atom. The van der Waals surface area contributed by atoms with Crippen LogP contribution in [0.15, 0.2) is 97.1 Å². The Kier molecular flexibility index (Phi) is 9.02. The molecule has 4 aromatic carbocycles. The molecule has 1 amide bonds. The number of hydrogen-bond donors (Lipinski definition) is 3. The van der Waals surface area contributed by atoms with E-state index in [0.717, 1.165) is 16.7 Å².